The van der Waals surface area contributed by atoms with Crippen molar-refractivity contribution in [2.75, 3.05) is 5.75 Å². The van der Waals surface area contributed by atoms with Gasteiger partial charge in [-0.15, -0.1) is 10.2 Å². The summed E-state index contributed by atoms with van der Waals surface area (Å²) in [7, 11) is 1.82. The number of halogens is 1. The minimum absolute atomic E-state index is 0.180. The maximum absolute atomic E-state index is 10.7. The van der Waals surface area contributed by atoms with Gasteiger partial charge in [-0.1, -0.05) is 27.7 Å². The normalized spacial score (nSPS) is 10.5. The predicted molar refractivity (Wildman–Crippen MR) is 79.4 cm³/mol. The molecule has 1 amide bonds. The van der Waals surface area contributed by atoms with Gasteiger partial charge in [0.2, 0.25) is 5.91 Å². The van der Waals surface area contributed by atoms with E-state index >= 15 is 0 Å². The number of primary amides is 1. The van der Waals surface area contributed by atoms with Crippen LogP contribution in [0.3, 0.4) is 0 Å². The molecule has 2 N–H and O–H groups in total. The molecule has 0 atom stereocenters. The highest BCUT2D eigenvalue weighted by Gasteiger charge is 2.10. The summed E-state index contributed by atoms with van der Waals surface area (Å²) in [6.45, 7) is 0.308. The molecule has 0 saturated heterocycles. The van der Waals surface area contributed by atoms with E-state index in [-0.39, 0.29) is 11.7 Å². The molecule has 0 fully saturated rings. The second kappa shape index (κ2) is 6.76. The fourth-order valence-corrected chi connectivity index (χ4v) is 2.34. The maximum atomic E-state index is 10.7. The number of carbonyl (C=O) groups excluding carboxylic acids is 1. The van der Waals surface area contributed by atoms with Gasteiger partial charge in [-0.3, -0.25) is 4.79 Å². The van der Waals surface area contributed by atoms with Crippen LogP contribution in [0.2, 0.25) is 0 Å². The van der Waals surface area contributed by atoms with E-state index < -0.39 is 0 Å². The molecule has 106 valence electrons. The van der Waals surface area contributed by atoms with Crippen LogP contribution >= 0.6 is 27.7 Å². The molecule has 0 radical (unpaired) electrons. The molecule has 0 spiro atoms. The Bertz CT molecular complexity index is 600. The molecule has 0 unspecified atom stereocenters. The highest BCUT2D eigenvalue weighted by molar-refractivity contribution is 9.10. The van der Waals surface area contributed by atoms with Crippen LogP contribution in [0.15, 0.2) is 33.9 Å². The van der Waals surface area contributed by atoms with E-state index in [1.54, 1.807) is 4.57 Å². The zero-order valence-electron chi connectivity index (χ0n) is 10.7. The van der Waals surface area contributed by atoms with Gasteiger partial charge in [0, 0.05) is 11.5 Å². The van der Waals surface area contributed by atoms with Crippen molar-refractivity contribution in [3.63, 3.8) is 0 Å². The number of nitrogens with zero attached hydrogens (tertiary/aromatic N) is 3. The molecule has 0 bridgehead atoms. The lowest BCUT2D eigenvalue weighted by molar-refractivity contribution is -0.115. The fourth-order valence-electron chi connectivity index (χ4n) is 1.41. The van der Waals surface area contributed by atoms with Crippen molar-refractivity contribution in [1.29, 1.82) is 0 Å². The molecule has 0 aliphatic carbocycles. The quantitative estimate of drug-likeness (QED) is 0.797. The fraction of sp³-hybridized carbons (Fsp3) is 0.250. The van der Waals surface area contributed by atoms with E-state index in [1.807, 2.05) is 31.3 Å². The minimum Gasteiger partial charge on any atom is -0.486 e. The molecular formula is C12H13BrN4O2S. The number of ether oxygens (including phenoxy) is 1. The highest BCUT2D eigenvalue weighted by Crippen LogP contribution is 2.18. The van der Waals surface area contributed by atoms with Crippen LogP contribution in [0.25, 0.3) is 0 Å². The van der Waals surface area contributed by atoms with Crippen LogP contribution in [-0.4, -0.2) is 26.4 Å². The molecule has 2 rings (SSSR count). The highest BCUT2D eigenvalue weighted by atomic mass is 79.9. The lowest BCUT2D eigenvalue weighted by atomic mass is 10.3. The number of rotatable bonds is 6. The average molecular weight is 357 g/mol. The molecule has 0 aliphatic rings. The summed E-state index contributed by atoms with van der Waals surface area (Å²) in [5.74, 6) is 1.23. The Morgan fingerprint density at radius 3 is 2.75 bits per heavy atom. The molecule has 2 aromatic rings. The van der Waals surface area contributed by atoms with Gasteiger partial charge in [0.05, 0.1) is 5.75 Å². The van der Waals surface area contributed by atoms with Gasteiger partial charge in [0.15, 0.2) is 11.0 Å². The predicted octanol–water partition coefficient (Wildman–Crippen LogP) is 1.73. The molecule has 20 heavy (non-hydrogen) atoms. The van der Waals surface area contributed by atoms with E-state index in [0.29, 0.717) is 17.6 Å². The Morgan fingerprint density at radius 2 is 2.10 bits per heavy atom. The van der Waals surface area contributed by atoms with Gasteiger partial charge in [-0.05, 0) is 24.3 Å². The molecule has 1 heterocycles. The second-order valence-corrected chi connectivity index (χ2v) is 5.81. The van der Waals surface area contributed by atoms with Gasteiger partial charge in [-0.25, -0.2) is 0 Å². The SMILES string of the molecule is Cn1c(COc2ccc(Br)cc2)nnc1SCC(N)=O. The van der Waals surface area contributed by atoms with Gasteiger partial charge in [0.1, 0.15) is 12.4 Å². The first-order valence-corrected chi connectivity index (χ1v) is 7.52. The second-order valence-electron chi connectivity index (χ2n) is 3.96. The third-order valence-corrected chi connectivity index (χ3v) is 4.02. The number of nitrogens with two attached hydrogens (primary N) is 1. The summed E-state index contributed by atoms with van der Waals surface area (Å²) in [5, 5.41) is 8.66. The van der Waals surface area contributed by atoms with Crippen molar-refractivity contribution in [3.8, 4) is 5.75 Å². The van der Waals surface area contributed by atoms with Gasteiger partial charge in [-0.2, -0.15) is 0 Å². The average Bonchev–Trinajstić information content (AvgIpc) is 2.77. The van der Waals surface area contributed by atoms with Gasteiger partial charge in [0.25, 0.3) is 0 Å². The number of thioether (sulfide) groups is 1. The summed E-state index contributed by atoms with van der Waals surface area (Å²) in [4.78, 5) is 10.7. The van der Waals surface area contributed by atoms with Crippen molar-refractivity contribution in [3.05, 3.63) is 34.6 Å². The zero-order chi connectivity index (χ0) is 14.5. The Balaban J connectivity index is 1.96. The van der Waals surface area contributed by atoms with E-state index in [1.165, 1.54) is 11.8 Å². The number of carbonyl (C=O) groups is 1. The molecule has 0 saturated carbocycles. The van der Waals surface area contributed by atoms with Gasteiger partial charge < -0.3 is 15.0 Å². The topological polar surface area (TPSA) is 83.0 Å². The molecule has 1 aromatic heterocycles. The lowest BCUT2D eigenvalue weighted by Crippen LogP contribution is -2.13. The van der Waals surface area contributed by atoms with Crippen LogP contribution in [-0.2, 0) is 18.4 Å². The monoisotopic (exact) mass is 356 g/mol. The summed E-state index contributed by atoms with van der Waals surface area (Å²) in [5.41, 5.74) is 5.10. The third-order valence-electron chi connectivity index (χ3n) is 2.45. The third kappa shape index (κ3) is 3.97. The van der Waals surface area contributed by atoms with Crippen LogP contribution in [0, 0.1) is 0 Å². The maximum Gasteiger partial charge on any atom is 0.227 e. The van der Waals surface area contributed by atoms with Crippen LogP contribution < -0.4 is 10.5 Å². The van der Waals surface area contributed by atoms with Crippen molar-refractivity contribution in [2.45, 2.75) is 11.8 Å². The molecule has 1 aromatic carbocycles. The first kappa shape index (κ1) is 14.9. The smallest absolute Gasteiger partial charge is 0.227 e. The largest absolute Gasteiger partial charge is 0.486 e. The molecule has 0 aliphatic heterocycles. The van der Waals surface area contributed by atoms with Crippen molar-refractivity contribution < 1.29 is 9.53 Å². The first-order valence-electron chi connectivity index (χ1n) is 5.74. The van der Waals surface area contributed by atoms with Crippen LogP contribution in [0.1, 0.15) is 5.82 Å². The van der Waals surface area contributed by atoms with E-state index in [4.69, 9.17) is 10.5 Å². The Kier molecular flexibility index (Phi) is 5.02. The van der Waals surface area contributed by atoms with E-state index in [9.17, 15) is 4.79 Å². The minimum atomic E-state index is -0.384. The van der Waals surface area contributed by atoms with Crippen molar-refractivity contribution in [1.82, 2.24) is 14.8 Å². The van der Waals surface area contributed by atoms with Crippen molar-refractivity contribution in [2.24, 2.45) is 12.8 Å². The molecular weight excluding hydrogens is 344 g/mol. The summed E-state index contributed by atoms with van der Waals surface area (Å²) in [6, 6.07) is 7.53. The Labute approximate surface area is 128 Å². The number of aromatic nitrogens is 3. The van der Waals surface area contributed by atoms with Crippen LogP contribution in [0.4, 0.5) is 0 Å². The first-order chi connectivity index (χ1) is 9.56. The Hall–Kier alpha value is -1.54. The summed E-state index contributed by atoms with van der Waals surface area (Å²) in [6.07, 6.45) is 0. The number of amides is 1. The summed E-state index contributed by atoms with van der Waals surface area (Å²) >= 11 is 4.62. The zero-order valence-corrected chi connectivity index (χ0v) is 13.1. The molecule has 6 nitrogen and oxygen atoms in total. The van der Waals surface area contributed by atoms with Crippen LogP contribution in [0.5, 0.6) is 5.75 Å². The van der Waals surface area contributed by atoms with Crippen molar-refractivity contribution >= 4 is 33.6 Å². The Morgan fingerprint density at radius 1 is 1.40 bits per heavy atom. The lowest BCUT2D eigenvalue weighted by Gasteiger charge is -2.06. The van der Waals surface area contributed by atoms with Gasteiger partial charge >= 0.3 is 0 Å². The molecule has 8 heteroatoms. The standard InChI is InChI=1S/C12H13BrN4O2S/c1-17-11(15-16-12(17)20-7-10(14)18)6-19-9-4-2-8(13)3-5-9/h2-5H,6-7H2,1H3,(H2,14,18). The number of hydrogen-bond donors (Lipinski definition) is 1. The van der Waals surface area contributed by atoms with E-state index in [0.717, 1.165) is 10.2 Å². The number of hydrogen-bond acceptors (Lipinski definition) is 5. The number of benzene rings is 1. The van der Waals surface area contributed by atoms with E-state index in [2.05, 4.69) is 26.1 Å². The summed E-state index contributed by atoms with van der Waals surface area (Å²) < 4.78 is 8.40.